The number of hydrogen-bond acceptors (Lipinski definition) is 5. The molecule has 0 aromatic heterocycles. The normalized spacial score (nSPS) is 11.4. The number of ether oxygens (including phenoxy) is 3. The molecular formula is C32H34F4O5. The summed E-state index contributed by atoms with van der Waals surface area (Å²) < 4.78 is 65.7. The maximum atomic E-state index is 12.9. The summed E-state index contributed by atoms with van der Waals surface area (Å²) in [4.78, 5) is 24.4. The highest BCUT2D eigenvalue weighted by molar-refractivity contribution is 5.92. The van der Waals surface area contributed by atoms with E-state index >= 15 is 0 Å². The number of unbranched alkanes of at least 4 members (excludes halogenated alkanes) is 6. The lowest BCUT2D eigenvalue weighted by molar-refractivity contribution is -0.155. The molecule has 0 unspecified atom stereocenters. The topological polar surface area (TPSA) is 61.8 Å². The third-order valence-electron chi connectivity index (χ3n) is 6.34. The zero-order valence-electron chi connectivity index (χ0n) is 22.9. The SMILES string of the molecule is CCCCCCCCCOc1ccc(-c2ccc(C(=O)Oc3ccc(C(=O)OCC(F)(F)C(F)F)cc3)cc2)cc1. The highest BCUT2D eigenvalue weighted by Gasteiger charge is 2.42. The van der Waals surface area contributed by atoms with E-state index in [0.717, 1.165) is 23.3 Å². The highest BCUT2D eigenvalue weighted by atomic mass is 19.3. The lowest BCUT2D eigenvalue weighted by atomic mass is 10.0. The van der Waals surface area contributed by atoms with Crippen LogP contribution in [0.5, 0.6) is 11.5 Å². The van der Waals surface area contributed by atoms with Gasteiger partial charge in [-0.2, -0.15) is 8.78 Å². The van der Waals surface area contributed by atoms with Crippen LogP contribution in [-0.4, -0.2) is 37.5 Å². The van der Waals surface area contributed by atoms with Gasteiger partial charge in [-0.15, -0.1) is 0 Å². The number of benzene rings is 3. The predicted octanol–water partition coefficient (Wildman–Crippen LogP) is 8.76. The van der Waals surface area contributed by atoms with E-state index in [1.165, 1.54) is 62.8 Å². The van der Waals surface area contributed by atoms with E-state index < -0.39 is 30.9 Å². The first kappa shape index (κ1) is 31.6. The third-order valence-corrected chi connectivity index (χ3v) is 6.34. The molecule has 0 aliphatic heterocycles. The van der Waals surface area contributed by atoms with Gasteiger partial charge >= 0.3 is 24.3 Å². The van der Waals surface area contributed by atoms with Gasteiger partial charge in [0.25, 0.3) is 0 Å². The molecule has 5 nitrogen and oxygen atoms in total. The third kappa shape index (κ3) is 10.2. The Balaban J connectivity index is 1.45. The summed E-state index contributed by atoms with van der Waals surface area (Å²) in [5.41, 5.74) is 2.00. The molecule has 0 aliphatic rings. The van der Waals surface area contributed by atoms with E-state index in [0.29, 0.717) is 12.2 Å². The van der Waals surface area contributed by atoms with Crippen molar-refractivity contribution in [1.29, 1.82) is 0 Å². The summed E-state index contributed by atoms with van der Waals surface area (Å²) in [6, 6.07) is 19.5. The van der Waals surface area contributed by atoms with E-state index in [-0.39, 0.29) is 11.3 Å². The van der Waals surface area contributed by atoms with Gasteiger partial charge in [-0.1, -0.05) is 69.7 Å². The molecule has 0 saturated heterocycles. The Hall–Kier alpha value is -3.88. The Kier molecular flexibility index (Phi) is 12.2. The van der Waals surface area contributed by atoms with Crippen LogP contribution in [-0.2, 0) is 4.74 Å². The molecular weight excluding hydrogens is 540 g/mol. The summed E-state index contributed by atoms with van der Waals surface area (Å²) in [5.74, 6) is -5.37. The molecule has 0 saturated carbocycles. The van der Waals surface area contributed by atoms with Crippen LogP contribution in [0, 0.1) is 0 Å². The quantitative estimate of drug-likeness (QED) is 0.0741. The van der Waals surface area contributed by atoms with Crippen LogP contribution in [0.3, 0.4) is 0 Å². The summed E-state index contributed by atoms with van der Waals surface area (Å²) in [5, 5.41) is 0. The Morgan fingerprint density at radius 2 is 1.17 bits per heavy atom. The molecule has 220 valence electrons. The van der Waals surface area contributed by atoms with Gasteiger partial charge in [0, 0.05) is 0 Å². The van der Waals surface area contributed by atoms with Crippen molar-refractivity contribution in [3.05, 3.63) is 83.9 Å². The maximum absolute atomic E-state index is 12.9. The smallest absolute Gasteiger partial charge is 0.343 e. The van der Waals surface area contributed by atoms with Crippen LogP contribution in [0.2, 0.25) is 0 Å². The lowest BCUT2D eigenvalue weighted by Gasteiger charge is -2.15. The second-order valence-electron chi connectivity index (χ2n) is 9.62. The average molecular weight is 575 g/mol. The Labute approximate surface area is 237 Å². The van der Waals surface area contributed by atoms with Gasteiger partial charge in [0.2, 0.25) is 0 Å². The van der Waals surface area contributed by atoms with Gasteiger partial charge < -0.3 is 14.2 Å². The van der Waals surface area contributed by atoms with Crippen molar-refractivity contribution in [3.63, 3.8) is 0 Å². The molecule has 0 N–H and O–H groups in total. The molecule has 0 radical (unpaired) electrons. The Morgan fingerprint density at radius 3 is 1.76 bits per heavy atom. The van der Waals surface area contributed by atoms with Gasteiger partial charge in [0.15, 0.2) is 6.61 Å². The Bertz CT molecular complexity index is 1230. The summed E-state index contributed by atoms with van der Waals surface area (Å²) in [7, 11) is 0. The van der Waals surface area contributed by atoms with E-state index in [1.807, 2.05) is 24.3 Å². The van der Waals surface area contributed by atoms with Crippen molar-refractivity contribution < 1.29 is 41.4 Å². The molecule has 0 amide bonds. The first-order chi connectivity index (χ1) is 19.7. The van der Waals surface area contributed by atoms with E-state index in [2.05, 4.69) is 11.7 Å². The predicted molar refractivity (Wildman–Crippen MR) is 148 cm³/mol. The standard InChI is InChI=1S/C32H34F4O5/c1-2-3-4-5-6-7-8-21-39-27-17-13-24(14-18-27)23-9-11-26(12-10-23)30(38)41-28-19-15-25(16-20-28)29(37)40-22-32(35,36)31(33)34/h9-20,31H,2-8,21-22H2,1H3. The molecule has 3 aromatic rings. The zero-order valence-corrected chi connectivity index (χ0v) is 22.9. The fourth-order valence-corrected chi connectivity index (χ4v) is 3.92. The number of esters is 2. The first-order valence-corrected chi connectivity index (χ1v) is 13.7. The molecule has 9 heteroatoms. The maximum Gasteiger partial charge on any atom is 0.343 e. The number of alkyl halides is 4. The molecule has 0 bridgehead atoms. The number of hydrogen-bond donors (Lipinski definition) is 0. The van der Waals surface area contributed by atoms with Crippen molar-refractivity contribution in [1.82, 2.24) is 0 Å². The second kappa shape index (κ2) is 15.8. The number of carbonyl (C=O) groups is 2. The molecule has 0 fully saturated rings. The lowest BCUT2D eigenvalue weighted by Crippen LogP contribution is -2.33. The summed E-state index contributed by atoms with van der Waals surface area (Å²) in [6.45, 7) is 1.16. The minimum absolute atomic E-state index is 0.0978. The largest absolute Gasteiger partial charge is 0.494 e. The van der Waals surface area contributed by atoms with Gasteiger partial charge in [-0.3, -0.25) is 0 Å². The highest BCUT2D eigenvalue weighted by Crippen LogP contribution is 2.25. The second-order valence-corrected chi connectivity index (χ2v) is 9.62. The van der Waals surface area contributed by atoms with Gasteiger partial charge in [0.1, 0.15) is 11.5 Å². The summed E-state index contributed by atoms with van der Waals surface area (Å²) in [6.07, 6.45) is 4.65. The van der Waals surface area contributed by atoms with Crippen LogP contribution < -0.4 is 9.47 Å². The molecule has 0 spiro atoms. The van der Waals surface area contributed by atoms with Crippen molar-refractivity contribution in [2.45, 2.75) is 64.2 Å². The number of rotatable bonds is 16. The average Bonchev–Trinajstić information content (AvgIpc) is 2.98. The molecule has 3 aromatic carbocycles. The van der Waals surface area contributed by atoms with Crippen LogP contribution >= 0.6 is 0 Å². The number of halogens is 4. The Morgan fingerprint density at radius 1 is 0.683 bits per heavy atom. The molecule has 3 rings (SSSR count). The molecule has 0 aliphatic carbocycles. The summed E-state index contributed by atoms with van der Waals surface area (Å²) >= 11 is 0. The van der Waals surface area contributed by atoms with Crippen LogP contribution in [0.15, 0.2) is 72.8 Å². The van der Waals surface area contributed by atoms with Crippen LogP contribution in [0.1, 0.15) is 72.6 Å². The molecule has 0 heterocycles. The monoisotopic (exact) mass is 574 g/mol. The molecule has 0 atom stereocenters. The van der Waals surface area contributed by atoms with Crippen LogP contribution in [0.25, 0.3) is 11.1 Å². The van der Waals surface area contributed by atoms with Gasteiger partial charge in [0.05, 0.1) is 17.7 Å². The first-order valence-electron chi connectivity index (χ1n) is 13.7. The van der Waals surface area contributed by atoms with Crippen molar-refractivity contribution >= 4 is 11.9 Å². The van der Waals surface area contributed by atoms with E-state index in [4.69, 9.17) is 9.47 Å². The zero-order chi connectivity index (χ0) is 29.7. The fraction of sp³-hybridized carbons (Fsp3) is 0.375. The van der Waals surface area contributed by atoms with Gasteiger partial charge in [-0.25, -0.2) is 18.4 Å². The van der Waals surface area contributed by atoms with Gasteiger partial charge in [-0.05, 0) is 66.1 Å². The van der Waals surface area contributed by atoms with Crippen molar-refractivity contribution in [3.8, 4) is 22.6 Å². The van der Waals surface area contributed by atoms with E-state index in [9.17, 15) is 27.2 Å². The van der Waals surface area contributed by atoms with Crippen molar-refractivity contribution in [2.75, 3.05) is 13.2 Å². The van der Waals surface area contributed by atoms with E-state index in [1.54, 1.807) is 24.3 Å². The van der Waals surface area contributed by atoms with Crippen molar-refractivity contribution in [2.24, 2.45) is 0 Å². The van der Waals surface area contributed by atoms with Crippen LogP contribution in [0.4, 0.5) is 17.6 Å². The fourth-order valence-electron chi connectivity index (χ4n) is 3.92. The minimum atomic E-state index is -4.44. The number of carbonyl (C=O) groups excluding carboxylic acids is 2. The minimum Gasteiger partial charge on any atom is -0.494 e. The molecule has 41 heavy (non-hydrogen) atoms.